The Morgan fingerprint density at radius 3 is 2.95 bits per heavy atom. The summed E-state index contributed by atoms with van der Waals surface area (Å²) in [6.07, 6.45) is 1.65. The van der Waals surface area contributed by atoms with Gasteiger partial charge in [0.05, 0.1) is 17.9 Å². The van der Waals surface area contributed by atoms with E-state index in [1.165, 1.54) is 11.8 Å². The third-order valence-corrected chi connectivity index (χ3v) is 3.55. The molecule has 0 radical (unpaired) electrons. The normalized spacial score (nSPS) is 16.3. The smallest absolute Gasteiger partial charge is 0.306 e. The Labute approximate surface area is 125 Å². The standard InChI is InChI=1S/C13H11NO4S2/c15-11(16)4-5-18-9-3-1-2-8(6-9)7-10-12(17)14-13(19)20-10/h1-3,6-7H,4-5H2,(H,15,16)(H,14,17,19)/b10-7+. The number of carbonyl (C=O) groups is 2. The minimum Gasteiger partial charge on any atom is -0.493 e. The molecule has 2 rings (SSSR count). The molecule has 1 aromatic carbocycles. The molecule has 0 atom stereocenters. The van der Waals surface area contributed by atoms with E-state index in [4.69, 9.17) is 22.1 Å². The number of hydrogen-bond acceptors (Lipinski definition) is 5. The third kappa shape index (κ3) is 4.07. The van der Waals surface area contributed by atoms with Gasteiger partial charge in [-0.3, -0.25) is 9.59 Å². The largest absolute Gasteiger partial charge is 0.493 e. The Bertz CT molecular complexity index is 598. The Morgan fingerprint density at radius 1 is 1.50 bits per heavy atom. The molecule has 104 valence electrons. The number of carboxylic acids is 1. The van der Waals surface area contributed by atoms with Crippen LogP contribution in [0.4, 0.5) is 0 Å². The average molecular weight is 309 g/mol. The summed E-state index contributed by atoms with van der Waals surface area (Å²) in [5.74, 6) is -0.556. The van der Waals surface area contributed by atoms with E-state index in [0.717, 1.165) is 5.56 Å². The van der Waals surface area contributed by atoms with Crippen LogP contribution in [-0.2, 0) is 9.59 Å². The topological polar surface area (TPSA) is 75.6 Å². The van der Waals surface area contributed by atoms with Crippen LogP contribution in [-0.4, -0.2) is 27.9 Å². The predicted octanol–water partition coefficient (Wildman–Crippen LogP) is 2.03. The first-order chi connectivity index (χ1) is 9.54. The molecule has 0 unspecified atom stereocenters. The first kappa shape index (κ1) is 14.5. The van der Waals surface area contributed by atoms with E-state index >= 15 is 0 Å². The lowest BCUT2D eigenvalue weighted by molar-refractivity contribution is -0.137. The summed E-state index contributed by atoms with van der Waals surface area (Å²) in [5, 5.41) is 11.1. The van der Waals surface area contributed by atoms with Gasteiger partial charge in [-0.2, -0.15) is 0 Å². The van der Waals surface area contributed by atoms with Crippen molar-refractivity contribution in [1.82, 2.24) is 5.32 Å². The van der Waals surface area contributed by atoms with Gasteiger partial charge in [-0.25, -0.2) is 0 Å². The van der Waals surface area contributed by atoms with Crippen LogP contribution in [0.25, 0.3) is 6.08 Å². The molecule has 20 heavy (non-hydrogen) atoms. The fraction of sp³-hybridized carbons (Fsp3) is 0.154. The first-order valence-electron chi connectivity index (χ1n) is 5.74. The molecule has 0 bridgehead atoms. The molecule has 0 aromatic heterocycles. The highest BCUT2D eigenvalue weighted by atomic mass is 32.2. The van der Waals surface area contributed by atoms with Crippen molar-refractivity contribution in [1.29, 1.82) is 0 Å². The van der Waals surface area contributed by atoms with Gasteiger partial charge in [-0.05, 0) is 23.8 Å². The van der Waals surface area contributed by atoms with Gasteiger partial charge in [0.25, 0.3) is 5.91 Å². The van der Waals surface area contributed by atoms with Crippen molar-refractivity contribution in [2.24, 2.45) is 0 Å². The number of carboxylic acid groups (broad SMARTS) is 1. The quantitative estimate of drug-likeness (QED) is 0.640. The van der Waals surface area contributed by atoms with Gasteiger partial charge >= 0.3 is 5.97 Å². The van der Waals surface area contributed by atoms with E-state index in [-0.39, 0.29) is 18.9 Å². The van der Waals surface area contributed by atoms with Crippen LogP contribution in [0.2, 0.25) is 0 Å². The van der Waals surface area contributed by atoms with Gasteiger partial charge in [0.2, 0.25) is 0 Å². The number of thioether (sulfide) groups is 1. The minimum absolute atomic E-state index is 0.0577. The zero-order valence-electron chi connectivity index (χ0n) is 10.3. The Balaban J connectivity index is 2.06. The van der Waals surface area contributed by atoms with E-state index in [1.54, 1.807) is 24.3 Å². The van der Waals surface area contributed by atoms with Crippen LogP contribution in [0.15, 0.2) is 29.2 Å². The molecular formula is C13H11NO4S2. The fourth-order valence-corrected chi connectivity index (χ4v) is 2.57. The highest BCUT2D eigenvalue weighted by Gasteiger charge is 2.21. The highest BCUT2D eigenvalue weighted by Crippen LogP contribution is 2.26. The number of aliphatic carboxylic acids is 1. The summed E-state index contributed by atoms with van der Waals surface area (Å²) in [4.78, 5) is 22.5. The number of nitrogens with one attached hydrogen (secondary N) is 1. The van der Waals surface area contributed by atoms with Crippen LogP contribution in [0.1, 0.15) is 12.0 Å². The minimum atomic E-state index is -0.907. The number of amides is 1. The molecule has 1 saturated heterocycles. The molecule has 5 nitrogen and oxygen atoms in total. The lowest BCUT2D eigenvalue weighted by Crippen LogP contribution is -2.17. The van der Waals surface area contributed by atoms with Gasteiger partial charge < -0.3 is 15.2 Å². The van der Waals surface area contributed by atoms with E-state index in [1.807, 2.05) is 6.07 Å². The Kier molecular flexibility index (Phi) is 4.75. The van der Waals surface area contributed by atoms with Gasteiger partial charge in [0.1, 0.15) is 10.1 Å². The summed E-state index contributed by atoms with van der Waals surface area (Å²) in [6.45, 7) is 0.106. The number of ether oxygens (including phenoxy) is 1. The molecule has 0 aliphatic carbocycles. The molecule has 1 heterocycles. The maximum atomic E-state index is 11.5. The molecule has 1 amide bonds. The van der Waals surface area contributed by atoms with Gasteiger partial charge in [0, 0.05) is 0 Å². The van der Waals surface area contributed by atoms with Crippen LogP contribution in [0.5, 0.6) is 5.75 Å². The van der Waals surface area contributed by atoms with Crippen molar-refractivity contribution in [2.75, 3.05) is 6.61 Å². The Morgan fingerprint density at radius 2 is 2.30 bits per heavy atom. The van der Waals surface area contributed by atoms with Crippen molar-refractivity contribution < 1.29 is 19.4 Å². The maximum Gasteiger partial charge on any atom is 0.306 e. The number of carbonyl (C=O) groups excluding carboxylic acids is 1. The molecule has 0 saturated carbocycles. The van der Waals surface area contributed by atoms with Crippen molar-refractivity contribution in [3.05, 3.63) is 34.7 Å². The molecule has 0 spiro atoms. The lowest BCUT2D eigenvalue weighted by Gasteiger charge is -2.05. The van der Waals surface area contributed by atoms with E-state index < -0.39 is 5.97 Å². The summed E-state index contributed by atoms with van der Waals surface area (Å²) >= 11 is 6.12. The molecule has 7 heteroatoms. The number of rotatable bonds is 5. The zero-order valence-corrected chi connectivity index (χ0v) is 11.9. The third-order valence-electron chi connectivity index (χ3n) is 2.38. The second kappa shape index (κ2) is 6.53. The van der Waals surface area contributed by atoms with E-state index in [2.05, 4.69) is 5.32 Å². The molecule has 1 fully saturated rings. The number of thiocarbonyl (C=S) groups is 1. The first-order valence-corrected chi connectivity index (χ1v) is 6.96. The van der Waals surface area contributed by atoms with E-state index in [0.29, 0.717) is 15.0 Å². The summed E-state index contributed by atoms with van der Waals surface area (Å²) < 4.78 is 5.77. The van der Waals surface area contributed by atoms with Crippen LogP contribution < -0.4 is 10.1 Å². The summed E-state index contributed by atoms with van der Waals surface area (Å²) in [6, 6.07) is 7.07. The van der Waals surface area contributed by atoms with Crippen LogP contribution in [0.3, 0.4) is 0 Å². The van der Waals surface area contributed by atoms with Crippen LogP contribution >= 0.6 is 24.0 Å². The summed E-state index contributed by atoms with van der Waals surface area (Å²) in [5.41, 5.74) is 0.792. The number of hydrogen-bond donors (Lipinski definition) is 2. The average Bonchev–Trinajstić information content (AvgIpc) is 2.68. The molecule has 1 aromatic rings. The van der Waals surface area contributed by atoms with Crippen LogP contribution in [0, 0.1) is 0 Å². The predicted molar refractivity (Wildman–Crippen MR) is 80.5 cm³/mol. The fourth-order valence-electron chi connectivity index (χ4n) is 1.52. The van der Waals surface area contributed by atoms with Crippen molar-refractivity contribution in [3.8, 4) is 5.75 Å². The highest BCUT2D eigenvalue weighted by molar-refractivity contribution is 8.26. The SMILES string of the molecule is O=C(O)CCOc1cccc(/C=C2/SC(=S)NC2=O)c1. The molecule has 1 aliphatic heterocycles. The maximum absolute atomic E-state index is 11.5. The second-order valence-electron chi connectivity index (χ2n) is 3.92. The molecule has 2 N–H and O–H groups in total. The summed E-state index contributed by atoms with van der Waals surface area (Å²) in [7, 11) is 0. The van der Waals surface area contributed by atoms with E-state index in [9.17, 15) is 9.59 Å². The van der Waals surface area contributed by atoms with Crippen molar-refractivity contribution in [2.45, 2.75) is 6.42 Å². The van der Waals surface area contributed by atoms with Gasteiger partial charge in [-0.15, -0.1) is 0 Å². The number of benzene rings is 1. The lowest BCUT2D eigenvalue weighted by atomic mass is 10.2. The Hall–Kier alpha value is -1.86. The van der Waals surface area contributed by atoms with Gasteiger partial charge in [-0.1, -0.05) is 36.1 Å². The molecule has 1 aliphatic rings. The van der Waals surface area contributed by atoms with Crippen molar-refractivity contribution >= 4 is 46.3 Å². The van der Waals surface area contributed by atoms with Crippen molar-refractivity contribution in [3.63, 3.8) is 0 Å². The molecular weight excluding hydrogens is 298 g/mol. The second-order valence-corrected chi connectivity index (χ2v) is 5.64. The zero-order chi connectivity index (χ0) is 14.5. The monoisotopic (exact) mass is 309 g/mol. The van der Waals surface area contributed by atoms with Gasteiger partial charge in [0.15, 0.2) is 0 Å².